The van der Waals surface area contributed by atoms with E-state index >= 15 is 0 Å². The lowest BCUT2D eigenvalue weighted by molar-refractivity contribution is -0.0894. The van der Waals surface area contributed by atoms with Gasteiger partial charge in [0, 0.05) is 0 Å². The number of rotatable bonds is 2. The van der Waals surface area contributed by atoms with E-state index < -0.39 is 17.5 Å². The Morgan fingerprint density at radius 2 is 1.75 bits per heavy atom. The van der Waals surface area contributed by atoms with Crippen molar-refractivity contribution in [1.82, 2.24) is 0 Å². The van der Waals surface area contributed by atoms with Crippen LogP contribution in [0.4, 0.5) is 13.2 Å². The molecule has 0 saturated heterocycles. The Morgan fingerprint density at radius 1 is 1.33 bits per heavy atom. The molecule has 0 aromatic carbocycles. The summed E-state index contributed by atoms with van der Waals surface area (Å²) in [5, 5.41) is 8.52. The fraction of sp³-hybridized carbons (Fsp3) is 0.250. The van der Waals surface area contributed by atoms with Crippen molar-refractivity contribution in [2.45, 2.75) is 13.1 Å². The molecule has 0 fully saturated rings. The van der Waals surface area contributed by atoms with Gasteiger partial charge in [-0.15, -0.1) is 0 Å². The van der Waals surface area contributed by atoms with E-state index in [-0.39, 0.29) is 5.57 Å². The highest BCUT2D eigenvalue weighted by Crippen LogP contribution is 2.30. The van der Waals surface area contributed by atoms with Crippen LogP contribution in [0.1, 0.15) is 6.92 Å². The highest BCUT2D eigenvalue weighted by Gasteiger charge is 2.33. The Labute approximate surface area is 68.5 Å². The molecule has 0 spiro atoms. The van der Waals surface area contributed by atoms with Crippen LogP contribution >= 0.6 is 0 Å². The lowest BCUT2D eigenvalue weighted by Crippen LogP contribution is -2.12. The molecule has 0 aliphatic rings. The minimum Gasteiger partial charge on any atom is -0.509 e. The maximum atomic E-state index is 12.0. The molecule has 0 bridgehead atoms. The van der Waals surface area contributed by atoms with E-state index in [0.717, 1.165) is 0 Å². The first-order valence-electron chi connectivity index (χ1n) is 3.08. The summed E-state index contributed by atoms with van der Waals surface area (Å²) in [5.41, 5.74) is -1.12. The molecule has 0 radical (unpaired) electrons. The van der Waals surface area contributed by atoms with Gasteiger partial charge in [0.2, 0.25) is 0 Å². The molecule has 0 rings (SSSR count). The number of allylic oxidation sites excluding steroid dienone is 3. The first-order valence-corrected chi connectivity index (χ1v) is 3.08. The number of alkyl halides is 3. The zero-order chi connectivity index (χ0) is 9.94. The predicted molar refractivity (Wildman–Crippen MR) is 40.7 cm³/mol. The maximum Gasteiger partial charge on any atom is 0.416 e. The predicted octanol–water partition coefficient (Wildman–Crippen LogP) is 3.12. The topological polar surface area (TPSA) is 20.2 Å². The molecular formula is C8H9F3O. The Bertz CT molecular complexity index is 235. The SMILES string of the molecule is C=C(O)/C=C(\C(=C)C)C(F)(F)F. The van der Waals surface area contributed by atoms with Crippen molar-refractivity contribution in [3.63, 3.8) is 0 Å². The number of aliphatic hydroxyl groups is 1. The fourth-order valence-electron chi connectivity index (χ4n) is 0.614. The molecule has 0 aliphatic heterocycles. The summed E-state index contributed by atoms with van der Waals surface area (Å²) in [7, 11) is 0. The second-order valence-corrected chi connectivity index (χ2v) is 2.33. The van der Waals surface area contributed by atoms with Crippen molar-refractivity contribution in [2.24, 2.45) is 0 Å². The Morgan fingerprint density at radius 3 is 1.83 bits per heavy atom. The van der Waals surface area contributed by atoms with Gasteiger partial charge in [-0.05, 0) is 18.6 Å². The standard InChI is InChI=1S/C8H9F3O/c1-5(2)7(4-6(3)12)8(9,10)11/h4,12H,1,3H2,2H3/b7-4+. The Hall–Kier alpha value is -1.19. The van der Waals surface area contributed by atoms with Gasteiger partial charge in [-0.3, -0.25) is 0 Å². The molecule has 0 amide bonds. The summed E-state index contributed by atoms with van der Waals surface area (Å²) in [6, 6.07) is 0. The summed E-state index contributed by atoms with van der Waals surface area (Å²) < 4.78 is 36.1. The number of hydrogen-bond donors (Lipinski definition) is 1. The average Bonchev–Trinajstić information content (AvgIpc) is 1.79. The molecule has 12 heavy (non-hydrogen) atoms. The van der Waals surface area contributed by atoms with E-state index in [2.05, 4.69) is 13.2 Å². The molecule has 0 aliphatic carbocycles. The van der Waals surface area contributed by atoms with Gasteiger partial charge in [0.1, 0.15) is 5.76 Å². The zero-order valence-electron chi connectivity index (χ0n) is 6.57. The Kier molecular flexibility index (Phi) is 3.13. The van der Waals surface area contributed by atoms with Crippen molar-refractivity contribution in [3.05, 3.63) is 36.1 Å². The molecule has 0 unspecified atom stereocenters. The quantitative estimate of drug-likeness (QED) is 0.508. The molecule has 0 atom stereocenters. The highest BCUT2D eigenvalue weighted by molar-refractivity contribution is 5.34. The van der Waals surface area contributed by atoms with Gasteiger partial charge in [0.15, 0.2) is 0 Å². The molecule has 0 aromatic rings. The average molecular weight is 178 g/mol. The number of hydrogen-bond acceptors (Lipinski definition) is 1. The van der Waals surface area contributed by atoms with Crippen molar-refractivity contribution in [1.29, 1.82) is 0 Å². The molecule has 1 N–H and O–H groups in total. The van der Waals surface area contributed by atoms with Crippen molar-refractivity contribution in [2.75, 3.05) is 0 Å². The van der Waals surface area contributed by atoms with E-state index in [1.165, 1.54) is 6.92 Å². The number of halogens is 3. The summed E-state index contributed by atoms with van der Waals surface area (Å²) >= 11 is 0. The van der Waals surface area contributed by atoms with Crippen molar-refractivity contribution >= 4 is 0 Å². The molecule has 1 nitrogen and oxygen atoms in total. The zero-order valence-corrected chi connectivity index (χ0v) is 6.57. The van der Waals surface area contributed by atoms with Gasteiger partial charge < -0.3 is 5.11 Å². The third kappa shape index (κ3) is 3.27. The van der Waals surface area contributed by atoms with E-state index in [1.807, 2.05) is 0 Å². The van der Waals surface area contributed by atoms with Crippen LogP contribution < -0.4 is 0 Å². The lowest BCUT2D eigenvalue weighted by atomic mass is 10.1. The van der Waals surface area contributed by atoms with Crippen molar-refractivity contribution in [3.8, 4) is 0 Å². The minimum absolute atomic E-state index is 0.155. The lowest BCUT2D eigenvalue weighted by Gasteiger charge is -2.10. The van der Waals surface area contributed by atoms with Crippen LogP contribution in [0.25, 0.3) is 0 Å². The molecule has 0 saturated carbocycles. The van der Waals surface area contributed by atoms with Gasteiger partial charge in [0.25, 0.3) is 0 Å². The van der Waals surface area contributed by atoms with Crippen LogP contribution in [0.2, 0.25) is 0 Å². The molecule has 0 aromatic heterocycles. The summed E-state index contributed by atoms with van der Waals surface area (Å²) in [5.74, 6) is -0.634. The highest BCUT2D eigenvalue weighted by atomic mass is 19.4. The van der Waals surface area contributed by atoms with Crippen LogP contribution in [0.5, 0.6) is 0 Å². The molecule has 68 valence electrons. The number of aliphatic hydroxyl groups excluding tert-OH is 1. The minimum atomic E-state index is -4.49. The second kappa shape index (κ2) is 3.47. The van der Waals surface area contributed by atoms with Crippen LogP contribution in [-0.4, -0.2) is 11.3 Å². The third-order valence-electron chi connectivity index (χ3n) is 1.08. The van der Waals surface area contributed by atoms with Gasteiger partial charge in [-0.25, -0.2) is 0 Å². The van der Waals surface area contributed by atoms with E-state index in [0.29, 0.717) is 6.08 Å². The third-order valence-corrected chi connectivity index (χ3v) is 1.08. The van der Waals surface area contributed by atoms with Gasteiger partial charge in [-0.2, -0.15) is 13.2 Å². The van der Waals surface area contributed by atoms with Crippen LogP contribution in [0, 0.1) is 0 Å². The van der Waals surface area contributed by atoms with Crippen LogP contribution in [-0.2, 0) is 0 Å². The van der Waals surface area contributed by atoms with Gasteiger partial charge >= 0.3 is 6.18 Å². The first-order chi connectivity index (χ1) is 5.25. The maximum absolute atomic E-state index is 12.0. The summed E-state index contributed by atoms with van der Waals surface area (Å²) in [4.78, 5) is 0. The van der Waals surface area contributed by atoms with Gasteiger partial charge in [-0.1, -0.05) is 13.2 Å². The van der Waals surface area contributed by atoms with Crippen LogP contribution in [0.3, 0.4) is 0 Å². The largest absolute Gasteiger partial charge is 0.509 e. The molecule has 4 heteroatoms. The normalized spacial score (nSPS) is 12.8. The smallest absolute Gasteiger partial charge is 0.416 e. The van der Waals surface area contributed by atoms with E-state index in [1.54, 1.807) is 0 Å². The molecular weight excluding hydrogens is 169 g/mol. The van der Waals surface area contributed by atoms with E-state index in [9.17, 15) is 13.2 Å². The first kappa shape index (κ1) is 10.8. The fourth-order valence-corrected chi connectivity index (χ4v) is 0.614. The monoisotopic (exact) mass is 178 g/mol. The summed E-state index contributed by atoms with van der Waals surface area (Å²) in [6.45, 7) is 7.27. The Balaban J connectivity index is 4.94. The van der Waals surface area contributed by atoms with Crippen LogP contribution in [0.15, 0.2) is 36.1 Å². The summed E-state index contributed by atoms with van der Waals surface area (Å²) in [6.07, 6.45) is -3.94. The van der Waals surface area contributed by atoms with Gasteiger partial charge in [0.05, 0.1) is 5.57 Å². The van der Waals surface area contributed by atoms with E-state index in [4.69, 9.17) is 5.11 Å². The van der Waals surface area contributed by atoms with Crippen molar-refractivity contribution < 1.29 is 18.3 Å². The second-order valence-electron chi connectivity index (χ2n) is 2.33. The molecule has 0 heterocycles.